The average Bonchev–Trinajstić information content (AvgIpc) is 3.29. The molecule has 1 atom stereocenters. The smallest absolute Gasteiger partial charge is 0.262 e. The van der Waals surface area contributed by atoms with Gasteiger partial charge in [0.15, 0.2) is 0 Å². The van der Waals surface area contributed by atoms with E-state index >= 15 is 0 Å². The minimum atomic E-state index is -0.421. The predicted octanol–water partition coefficient (Wildman–Crippen LogP) is 0.441. The van der Waals surface area contributed by atoms with Crippen LogP contribution in [-0.4, -0.2) is 50.2 Å². The molecule has 0 aromatic carbocycles. The largest absolute Gasteiger partial charge is 0.366 e. The number of morpholine rings is 1. The highest BCUT2D eigenvalue weighted by Gasteiger charge is 2.28. The molecule has 4 rings (SSSR count). The van der Waals surface area contributed by atoms with Gasteiger partial charge in [0.2, 0.25) is 18.1 Å². The molecule has 1 amide bonds. The van der Waals surface area contributed by atoms with Crippen LogP contribution in [-0.2, 0) is 16.1 Å². The van der Waals surface area contributed by atoms with Gasteiger partial charge in [-0.1, -0.05) is 5.16 Å². The lowest BCUT2D eigenvalue weighted by atomic mass is 10.2. The third-order valence-corrected chi connectivity index (χ3v) is 4.66. The first kappa shape index (κ1) is 15.0. The highest BCUT2D eigenvalue weighted by molar-refractivity contribution is 7.16. The number of aromatic nitrogens is 4. The van der Waals surface area contributed by atoms with Crippen molar-refractivity contribution in [2.45, 2.75) is 12.6 Å². The number of ether oxygens (including phenoxy) is 1. The fraction of sp³-hybridized carbons (Fsp3) is 0.357. The van der Waals surface area contributed by atoms with E-state index in [2.05, 4.69) is 15.1 Å². The van der Waals surface area contributed by atoms with Crippen LogP contribution in [0, 0.1) is 0 Å². The van der Waals surface area contributed by atoms with Gasteiger partial charge in [-0.25, -0.2) is 4.98 Å². The predicted molar refractivity (Wildman–Crippen MR) is 83.5 cm³/mol. The minimum absolute atomic E-state index is 0.0589. The number of hydrogen-bond donors (Lipinski definition) is 0. The number of thiophene rings is 1. The summed E-state index contributed by atoms with van der Waals surface area (Å²) in [6, 6.07) is 1.72. The van der Waals surface area contributed by atoms with Gasteiger partial charge in [-0.15, -0.1) is 11.3 Å². The Labute approximate surface area is 139 Å². The maximum Gasteiger partial charge on any atom is 0.262 e. The Kier molecular flexibility index (Phi) is 3.82. The van der Waals surface area contributed by atoms with Crippen molar-refractivity contribution in [3.8, 4) is 0 Å². The summed E-state index contributed by atoms with van der Waals surface area (Å²) in [6.45, 7) is 1.09. The zero-order valence-electron chi connectivity index (χ0n) is 12.5. The van der Waals surface area contributed by atoms with E-state index in [4.69, 9.17) is 9.26 Å². The van der Waals surface area contributed by atoms with Crippen LogP contribution in [0.1, 0.15) is 11.9 Å². The summed E-state index contributed by atoms with van der Waals surface area (Å²) in [4.78, 5) is 35.4. The van der Waals surface area contributed by atoms with Crippen molar-refractivity contribution in [2.75, 3.05) is 19.7 Å². The molecular weight excluding hydrogens is 334 g/mol. The molecule has 3 aromatic rings. The second kappa shape index (κ2) is 6.13. The fourth-order valence-corrected chi connectivity index (χ4v) is 3.33. The Balaban J connectivity index is 1.50. The maximum absolute atomic E-state index is 12.5. The minimum Gasteiger partial charge on any atom is -0.366 e. The van der Waals surface area contributed by atoms with E-state index < -0.39 is 6.10 Å². The molecule has 0 bridgehead atoms. The summed E-state index contributed by atoms with van der Waals surface area (Å²) in [6.07, 6.45) is 2.22. The van der Waals surface area contributed by atoms with Gasteiger partial charge in [-0.2, -0.15) is 4.98 Å². The molecule has 1 unspecified atom stereocenters. The van der Waals surface area contributed by atoms with E-state index in [0.717, 1.165) is 0 Å². The van der Waals surface area contributed by atoms with Crippen molar-refractivity contribution in [1.82, 2.24) is 24.6 Å². The molecule has 1 saturated heterocycles. The molecule has 0 N–H and O–H groups in total. The van der Waals surface area contributed by atoms with E-state index in [9.17, 15) is 9.59 Å². The monoisotopic (exact) mass is 347 g/mol. The second-order valence-electron chi connectivity index (χ2n) is 5.31. The van der Waals surface area contributed by atoms with Gasteiger partial charge in [-0.05, 0) is 11.4 Å². The number of nitrogens with zero attached hydrogens (tertiary/aromatic N) is 5. The van der Waals surface area contributed by atoms with Crippen LogP contribution in [0.4, 0.5) is 0 Å². The molecule has 0 spiro atoms. The van der Waals surface area contributed by atoms with Crippen molar-refractivity contribution in [3.63, 3.8) is 0 Å². The van der Waals surface area contributed by atoms with Crippen LogP contribution in [0.15, 0.2) is 33.5 Å². The topological polar surface area (TPSA) is 103 Å². The molecule has 9 nitrogen and oxygen atoms in total. The summed E-state index contributed by atoms with van der Waals surface area (Å²) in [5, 5.41) is 6.08. The Hall–Kier alpha value is -2.59. The van der Waals surface area contributed by atoms with Gasteiger partial charge in [0.05, 0.1) is 24.9 Å². The Bertz CT molecular complexity index is 919. The van der Waals surface area contributed by atoms with E-state index in [-0.39, 0.29) is 18.0 Å². The van der Waals surface area contributed by atoms with Gasteiger partial charge >= 0.3 is 0 Å². The molecule has 1 aliphatic heterocycles. The maximum atomic E-state index is 12.5. The Morgan fingerprint density at radius 3 is 3.17 bits per heavy atom. The summed E-state index contributed by atoms with van der Waals surface area (Å²) in [5.41, 5.74) is -0.211. The van der Waals surface area contributed by atoms with Crippen molar-refractivity contribution in [2.24, 2.45) is 0 Å². The van der Waals surface area contributed by atoms with E-state index in [1.807, 2.05) is 5.38 Å². The van der Waals surface area contributed by atoms with Gasteiger partial charge in [0.1, 0.15) is 17.5 Å². The number of amides is 1. The van der Waals surface area contributed by atoms with E-state index in [0.29, 0.717) is 35.7 Å². The van der Waals surface area contributed by atoms with E-state index in [1.165, 1.54) is 28.6 Å². The molecule has 0 radical (unpaired) electrons. The lowest BCUT2D eigenvalue weighted by molar-refractivity contribution is -0.140. The number of fused-ring (bicyclic) bond motifs is 1. The number of carbonyl (C=O) groups is 1. The molecule has 10 heteroatoms. The van der Waals surface area contributed by atoms with Crippen molar-refractivity contribution in [1.29, 1.82) is 0 Å². The van der Waals surface area contributed by atoms with Crippen molar-refractivity contribution < 1.29 is 14.1 Å². The molecular formula is C14H13N5O4S. The number of carbonyl (C=O) groups excluding carboxylic acids is 1. The molecule has 4 heterocycles. The molecule has 1 fully saturated rings. The van der Waals surface area contributed by atoms with Gasteiger partial charge in [0, 0.05) is 6.54 Å². The van der Waals surface area contributed by atoms with Gasteiger partial charge in [-0.3, -0.25) is 14.2 Å². The van der Waals surface area contributed by atoms with Gasteiger partial charge < -0.3 is 14.2 Å². The summed E-state index contributed by atoms with van der Waals surface area (Å²) < 4.78 is 11.6. The average molecular weight is 347 g/mol. The van der Waals surface area contributed by atoms with Crippen LogP contribution in [0.3, 0.4) is 0 Å². The molecule has 24 heavy (non-hydrogen) atoms. The van der Waals surface area contributed by atoms with Crippen molar-refractivity contribution in [3.05, 3.63) is 40.3 Å². The van der Waals surface area contributed by atoms with Crippen LogP contribution in [0.2, 0.25) is 0 Å². The zero-order valence-corrected chi connectivity index (χ0v) is 13.3. The lowest BCUT2D eigenvalue weighted by Crippen LogP contribution is -2.44. The Morgan fingerprint density at radius 2 is 2.33 bits per heavy atom. The molecule has 124 valence electrons. The number of hydrogen-bond acceptors (Lipinski definition) is 8. The van der Waals surface area contributed by atoms with Gasteiger partial charge in [0.25, 0.3) is 5.56 Å². The SMILES string of the molecule is O=C(Cn1cnc2sccc2c1=O)N1CCOC(c2ncon2)C1. The van der Waals surface area contributed by atoms with E-state index in [1.54, 1.807) is 11.0 Å². The summed E-state index contributed by atoms with van der Waals surface area (Å²) >= 11 is 1.40. The molecule has 1 aliphatic rings. The normalized spacial score (nSPS) is 18.2. The van der Waals surface area contributed by atoms with Crippen LogP contribution in [0.25, 0.3) is 10.2 Å². The first-order valence-corrected chi connectivity index (χ1v) is 8.18. The molecule has 0 saturated carbocycles. The highest BCUT2D eigenvalue weighted by Crippen LogP contribution is 2.19. The summed E-state index contributed by atoms with van der Waals surface area (Å²) in [5.74, 6) is 0.233. The fourth-order valence-electron chi connectivity index (χ4n) is 2.60. The van der Waals surface area contributed by atoms with Crippen LogP contribution >= 0.6 is 11.3 Å². The van der Waals surface area contributed by atoms with Crippen LogP contribution in [0.5, 0.6) is 0 Å². The number of rotatable bonds is 3. The summed E-state index contributed by atoms with van der Waals surface area (Å²) in [7, 11) is 0. The zero-order chi connectivity index (χ0) is 16.5. The standard InChI is InChI=1S/C14H13N5O4S/c20-11(6-19-7-15-13-9(14(19)21)1-4-24-13)18-2-3-22-10(5-18)12-16-8-23-17-12/h1,4,7-8,10H,2-3,5-6H2. The second-order valence-corrected chi connectivity index (χ2v) is 6.20. The molecule has 0 aliphatic carbocycles. The van der Waals surface area contributed by atoms with Crippen LogP contribution < -0.4 is 5.56 Å². The van der Waals surface area contributed by atoms with Crippen molar-refractivity contribution >= 4 is 27.5 Å². The quantitative estimate of drug-likeness (QED) is 0.677. The third-order valence-electron chi connectivity index (χ3n) is 3.84. The first-order chi connectivity index (χ1) is 11.7. The lowest BCUT2D eigenvalue weighted by Gasteiger charge is -2.31. The Morgan fingerprint density at radius 1 is 1.42 bits per heavy atom. The third kappa shape index (κ3) is 2.69. The first-order valence-electron chi connectivity index (χ1n) is 7.30. The highest BCUT2D eigenvalue weighted by atomic mass is 32.1. The molecule has 3 aromatic heterocycles.